The van der Waals surface area contributed by atoms with Crippen LogP contribution in [-0.4, -0.2) is 11.5 Å². The fraction of sp³-hybridized carbons (Fsp3) is 0.438. The third-order valence-electron chi connectivity index (χ3n) is 3.80. The molecule has 4 heteroatoms. The molecule has 0 spiro atoms. The summed E-state index contributed by atoms with van der Waals surface area (Å²) in [5, 5.41) is 3.33. The maximum Gasteiger partial charge on any atom is 0.228 e. The summed E-state index contributed by atoms with van der Waals surface area (Å²) in [6.07, 6.45) is 3.73. The molecular formula is C16H19FN2O. The van der Waals surface area contributed by atoms with Gasteiger partial charge in [0.1, 0.15) is 12.1 Å². The van der Waals surface area contributed by atoms with Crippen LogP contribution in [-0.2, 0) is 18.4 Å². The van der Waals surface area contributed by atoms with E-state index in [1.807, 2.05) is 6.07 Å². The van der Waals surface area contributed by atoms with Crippen molar-refractivity contribution in [3.05, 3.63) is 41.0 Å². The van der Waals surface area contributed by atoms with Gasteiger partial charge in [-0.1, -0.05) is 20.8 Å². The molecule has 0 aliphatic carbocycles. The standard InChI is InChI=1S/C16H19FN2O/c1-16(2,3)13-8-11(15-19-6-7-20-15)14(17)10-4-5-18-9-12(10)13/h6-8,18H,4-5,9H2,1-3H3. The van der Waals surface area contributed by atoms with Crippen LogP contribution in [0.2, 0.25) is 0 Å². The van der Waals surface area contributed by atoms with E-state index in [1.54, 1.807) is 6.20 Å². The van der Waals surface area contributed by atoms with Crippen molar-refractivity contribution in [2.75, 3.05) is 6.54 Å². The maximum absolute atomic E-state index is 14.8. The van der Waals surface area contributed by atoms with Gasteiger partial charge in [0.05, 0.1) is 11.8 Å². The number of nitrogens with zero attached hydrogens (tertiary/aromatic N) is 1. The van der Waals surface area contributed by atoms with Crippen LogP contribution in [0.3, 0.4) is 0 Å². The number of benzene rings is 1. The van der Waals surface area contributed by atoms with Gasteiger partial charge in [0.15, 0.2) is 0 Å². The molecule has 3 nitrogen and oxygen atoms in total. The molecule has 0 saturated heterocycles. The van der Waals surface area contributed by atoms with Gasteiger partial charge in [0, 0.05) is 6.54 Å². The fourth-order valence-corrected chi connectivity index (χ4v) is 2.82. The summed E-state index contributed by atoms with van der Waals surface area (Å²) in [7, 11) is 0. The summed E-state index contributed by atoms with van der Waals surface area (Å²) in [6, 6.07) is 1.90. The number of aromatic nitrogens is 1. The zero-order valence-electron chi connectivity index (χ0n) is 12.1. The molecule has 1 aromatic heterocycles. The third-order valence-corrected chi connectivity index (χ3v) is 3.80. The minimum Gasteiger partial charge on any atom is -0.444 e. The molecule has 0 saturated carbocycles. The molecule has 2 aromatic rings. The first-order chi connectivity index (χ1) is 9.48. The van der Waals surface area contributed by atoms with Gasteiger partial charge in [-0.3, -0.25) is 0 Å². The normalized spacial score (nSPS) is 15.2. The Labute approximate surface area is 118 Å². The SMILES string of the molecule is CC(C)(C)c1cc(-c2ncco2)c(F)c2c1CNCC2. The van der Waals surface area contributed by atoms with Crippen molar-refractivity contribution in [2.24, 2.45) is 0 Å². The van der Waals surface area contributed by atoms with E-state index < -0.39 is 0 Å². The molecule has 0 atom stereocenters. The van der Waals surface area contributed by atoms with E-state index in [1.165, 1.54) is 6.26 Å². The van der Waals surface area contributed by atoms with Gasteiger partial charge in [-0.15, -0.1) is 0 Å². The summed E-state index contributed by atoms with van der Waals surface area (Å²) >= 11 is 0. The van der Waals surface area contributed by atoms with Crippen LogP contribution in [0.5, 0.6) is 0 Å². The lowest BCUT2D eigenvalue weighted by atomic mass is 9.79. The van der Waals surface area contributed by atoms with E-state index in [4.69, 9.17) is 4.42 Å². The highest BCUT2D eigenvalue weighted by Gasteiger charge is 2.27. The van der Waals surface area contributed by atoms with E-state index in [0.717, 1.165) is 29.8 Å². The maximum atomic E-state index is 14.8. The number of halogens is 1. The number of hydrogen-bond donors (Lipinski definition) is 1. The molecule has 1 aliphatic heterocycles. The molecule has 2 heterocycles. The lowest BCUT2D eigenvalue weighted by Gasteiger charge is -2.29. The van der Waals surface area contributed by atoms with Crippen molar-refractivity contribution < 1.29 is 8.81 Å². The predicted molar refractivity (Wildman–Crippen MR) is 76.0 cm³/mol. The summed E-state index contributed by atoms with van der Waals surface area (Å²) in [4.78, 5) is 4.10. The van der Waals surface area contributed by atoms with Crippen LogP contribution in [0.15, 0.2) is 22.9 Å². The summed E-state index contributed by atoms with van der Waals surface area (Å²) < 4.78 is 20.1. The molecule has 0 amide bonds. The Morgan fingerprint density at radius 1 is 1.30 bits per heavy atom. The van der Waals surface area contributed by atoms with Crippen molar-refractivity contribution >= 4 is 0 Å². The number of fused-ring (bicyclic) bond motifs is 1. The molecule has 1 aromatic carbocycles. The highest BCUT2D eigenvalue weighted by atomic mass is 19.1. The number of oxazole rings is 1. The molecule has 1 N–H and O–H groups in total. The zero-order valence-corrected chi connectivity index (χ0v) is 12.1. The van der Waals surface area contributed by atoms with Gasteiger partial charge in [-0.05, 0) is 41.1 Å². The minimum atomic E-state index is -0.183. The molecule has 0 bridgehead atoms. The lowest BCUT2D eigenvalue weighted by molar-refractivity contribution is 0.526. The first-order valence-electron chi connectivity index (χ1n) is 6.94. The van der Waals surface area contributed by atoms with Gasteiger partial charge in [-0.2, -0.15) is 0 Å². The van der Waals surface area contributed by atoms with Crippen molar-refractivity contribution in [2.45, 2.75) is 39.2 Å². The number of rotatable bonds is 1. The highest BCUT2D eigenvalue weighted by molar-refractivity contribution is 5.61. The van der Waals surface area contributed by atoms with Gasteiger partial charge < -0.3 is 9.73 Å². The van der Waals surface area contributed by atoms with Gasteiger partial charge >= 0.3 is 0 Å². The van der Waals surface area contributed by atoms with E-state index in [9.17, 15) is 4.39 Å². The molecule has 0 radical (unpaired) electrons. The topological polar surface area (TPSA) is 38.1 Å². The average Bonchev–Trinajstić information content (AvgIpc) is 2.92. The van der Waals surface area contributed by atoms with Gasteiger partial charge in [0.2, 0.25) is 5.89 Å². The monoisotopic (exact) mass is 274 g/mol. The predicted octanol–water partition coefficient (Wildman–Crippen LogP) is 3.42. The van der Waals surface area contributed by atoms with Gasteiger partial charge in [-0.25, -0.2) is 9.37 Å². The average molecular weight is 274 g/mol. The van der Waals surface area contributed by atoms with Gasteiger partial charge in [0.25, 0.3) is 0 Å². The third kappa shape index (κ3) is 2.14. The minimum absolute atomic E-state index is 0.0435. The molecule has 20 heavy (non-hydrogen) atoms. The molecule has 0 fully saturated rings. The Morgan fingerprint density at radius 2 is 2.10 bits per heavy atom. The van der Waals surface area contributed by atoms with Crippen LogP contribution in [0, 0.1) is 5.82 Å². The lowest BCUT2D eigenvalue weighted by Crippen LogP contribution is -2.29. The second kappa shape index (κ2) is 4.70. The van der Waals surface area contributed by atoms with Crippen molar-refractivity contribution in [1.82, 2.24) is 10.3 Å². The first-order valence-corrected chi connectivity index (χ1v) is 6.94. The highest BCUT2D eigenvalue weighted by Crippen LogP contribution is 2.36. The van der Waals surface area contributed by atoms with E-state index in [0.29, 0.717) is 17.9 Å². The molecule has 0 unspecified atom stereocenters. The Kier molecular flexibility index (Phi) is 3.13. The molecule has 1 aliphatic rings. The largest absolute Gasteiger partial charge is 0.444 e. The second-order valence-corrected chi connectivity index (χ2v) is 6.26. The number of hydrogen-bond acceptors (Lipinski definition) is 3. The Hall–Kier alpha value is -1.68. The Balaban J connectivity index is 2.27. The van der Waals surface area contributed by atoms with E-state index in [2.05, 4.69) is 31.1 Å². The van der Waals surface area contributed by atoms with Crippen molar-refractivity contribution in [1.29, 1.82) is 0 Å². The van der Waals surface area contributed by atoms with Crippen LogP contribution in [0.25, 0.3) is 11.5 Å². The molecular weight excluding hydrogens is 255 g/mol. The summed E-state index contributed by atoms with van der Waals surface area (Å²) in [5.41, 5.74) is 3.49. The Bertz CT molecular complexity index is 627. The quantitative estimate of drug-likeness (QED) is 0.866. The Morgan fingerprint density at radius 3 is 2.75 bits per heavy atom. The smallest absolute Gasteiger partial charge is 0.228 e. The van der Waals surface area contributed by atoms with Crippen LogP contribution < -0.4 is 5.32 Å². The van der Waals surface area contributed by atoms with Crippen LogP contribution in [0.1, 0.15) is 37.5 Å². The van der Waals surface area contributed by atoms with Crippen molar-refractivity contribution in [3.63, 3.8) is 0 Å². The molecule has 3 rings (SSSR count). The van der Waals surface area contributed by atoms with Crippen molar-refractivity contribution in [3.8, 4) is 11.5 Å². The fourth-order valence-electron chi connectivity index (χ4n) is 2.82. The summed E-state index contributed by atoms with van der Waals surface area (Å²) in [5.74, 6) is 0.172. The van der Waals surface area contributed by atoms with E-state index >= 15 is 0 Å². The summed E-state index contributed by atoms with van der Waals surface area (Å²) in [6.45, 7) is 7.98. The zero-order chi connectivity index (χ0) is 14.3. The van der Waals surface area contributed by atoms with E-state index in [-0.39, 0.29) is 11.2 Å². The van der Waals surface area contributed by atoms with Crippen LogP contribution >= 0.6 is 0 Å². The second-order valence-electron chi connectivity index (χ2n) is 6.26. The number of nitrogens with one attached hydrogen (secondary N) is 1. The molecule has 106 valence electrons. The van der Waals surface area contributed by atoms with Crippen LogP contribution in [0.4, 0.5) is 4.39 Å². The first kappa shape index (κ1) is 13.3.